The zero-order valence-corrected chi connectivity index (χ0v) is 16.6. The second kappa shape index (κ2) is 5.53. The lowest BCUT2D eigenvalue weighted by molar-refractivity contribution is 0.455. The molecule has 0 saturated carbocycles. The first-order valence-electron chi connectivity index (χ1n) is 8.89. The fraction of sp³-hybridized carbons (Fsp3) is 0.368. The maximum Gasteiger partial charge on any atom is 0.209 e. The van der Waals surface area contributed by atoms with E-state index in [9.17, 15) is 8.42 Å². The van der Waals surface area contributed by atoms with Crippen molar-refractivity contribution in [2.24, 2.45) is 7.05 Å². The highest BCUT2D eigenvalue weighted by atomic mass is 35.5. The van der Waals surface area contributed by atoms with E-state index >= 15 is 0 Å². The van der Waals surface area contributed by atoms with Crippen molar-refractivity contribution in [3.05, 3.63) is 47.7 Å². The van der Waals surface area contributed by atoms with Gasteiger partial charge in [-0.1, -0.05) is 0 Å². The molecule has 1 saturated heterocycles. The van der Waals surface area contributed by atoms with Crippen molar-refractivity contribution < 1.29 is 8.42 Å². The maximum absolute atomic E-state index is 13.1. The van der Waals surface area contributed by atoms with Crippen molar-refractivity contribution >= 4 is 32.3 Å². The van der Waals surface area contributed by atoms with Crippen molar-refractivity contribution in [3.63, 3.8) is 0 Å². The van der Waals surface area contributed by atoms with Crippen molar-refractivity contribution in [1.82, 2.24) is 19.9 Å². The Morgan fingerprint density at radius 1 is 1.26 bits per heavy atom. The predicted molar refractivity (Wildman–Crippen MR) is 103 cm³/mol. The minimum Gasteiger partial charge on any atom is -0.347 e. The third-order valence-corrected chi connectivity index (χ3v) is 7.95. The molecule has 2 bridgehead atoms. The number of benzene rings is 1. The zero-order valence-electron chi connectivity index (χ0n) is 15.0. The molecular formula is C19H19ClN4O2S. The lowest BCUT2D eigenvalue weighted by Crippen LogP contribution is -2.41. The molecule has 2 atom stereocenters. The van der Waals surface area contributed by atoms with Gasteiger partial charge < -0.3 is 4.57 Å². The largest absolute Gasteiger partial charge is 0.347 e. The van der Waals surface area contributed by atoms with E-state index in [-0.39, 0.29) is 20.8 Å². The van der Waals surface area contributed by atoms with Crippen LogP contribution in [0.15, 0.2) is 40.6 Å². The molecule has 6 nitrogen and oxygen atoms in total. The average molecular weight is 403 g/mol. The molecule has 2 aliphatic heterocycles. The van der Waals surface area contributed by atoms with Crippen molar-refractivity contribution in [2.75, 3.05) is 0 Å². The number of fused-ring (bicyclic) bond motifs is 6. The number of hydrogen-bond acceptors (Lipinski definition) is 5. The molecule has 1 fully saturated rings. The van der Waals surface area contributed by atoms with Crippen LogP contribution in [0.2, 0.25) is 0 Å². The van der Waals surface area contributed by atoms with Gasteiger partial charge in [-0.2, -0.15) is 0 Å². The molecule has 2 aromatic heterocycles. The Kier molecular flexibility index (Phi) is 3.51. The Labute approximate surface area is 162 Å². The molecule has 4 heterocycles. The molecule has 5 rings (SSSR count). The summed E-state index contributed by atoms with van der Waals surface area (Å²) in [4.78, 5) is 7.70. The molecule has 1 aromatic carbocycles. The minimum atomic E-state index is -3.68. The molecule has 0 amide bonds. The number of halogens is 1. The Morgan fingerprint density at radius 3 is 2.74 bits per heavy atom. The molecule has 0 aliphatic carbocycles. The highest BCUT2D eigenvalue weighted by Gasteiger charge is 2.45. The van der Waals surface area contributed by atoms with Crippen LogP contribution in [0.25, 0.3) is 10.9 Å². The number of aromatic nitrogens is 3. The van der Waals surface area contributed by atoms with Crippen molar-refractivity contribution in [3.8, 4) is 0 Å². The molecule has 2 unspecified atom stereocenters. The van der Waals surface area contributed by atoms with E-state index in [4.69, 9.17) is 11.6 Å². The van der Waals surface area contributed by atoms with Gasteiger partial charge in [-0.15, -0.1) is 11.6 Å². The molecule has 27 heavy (non-hydrogen) atoms. The van der Waals surface area contributed by atoms with Gasteiger partial charge in [0.05, 0.1) is 15.4 Å². The summed E-state index contributed by atoms with van der Waals surface area (Å²) >= 11 is 6.72. The van der Waals surface area contributed by atoms with E-state index in [0.29, 0.717) is 0 Å². The lowest BCUT2D eigenvalue weighted by atomic mass is 9.98. The van der Waals surface area contributed by atoms with Gasteiger partial charge in [-0.3, -0.25) is 5.32 Å². The number of hydrogen-bond donors (Lipinski definition) is 1. The first kappa shape index (κ1) is 17.2. The van der Waals surface area contributed by atoms with Crippen LogP contribution in [0.5, 0.6) is 0 Å². The van der Waals surface area contributed by atoms with Crippen LogP contribution in [0.1, 0.15) is 35.7 Å². The molecule has 2 aliphatic rings. The van der Waals surface area contributed by atoms with E-state index in [1.165, 1.54) is 30.0 Å². The van der Waals surface area contributed by atoms with Gasteiger partial charge in [0.25, 0.3) is 0 Å². The Bertz CT molecular complexity index is 1190. The summed E-state index contributed by atoms with van der Waals surface area (Å²) in [7, 11) is -1.64. The smallest absolute Gasteiger partial charge is 0.209 e. The van der Waals surface area contributed by atoms with Gasteiger partial charge in [0.15, 0.2) is 0 Å². The fourth-order valence-corrected chi connectivity index (χ4v) is 6.28. The number of aryl methyl sites for hydroxylation is 2. The average Bonchev–Trinajstić information content (AvgIpc) is 3.11. The normalized spacial score (nSPS) is 24.3. The standard InChI is InChI=1S/C19H19ClN4O2S/c1-11-5-12(27(25,26)13-8-21-10-22-9-13)6-14-17-15-3-4-19(20,23-15)7-16(17)24(2)18(11)14/h5-6,8-10,15,23H,3-4,7H2,1-2H3. The molecule has 0 radical (unpaired) electrons. The predicted octanol–water partition coefficient (Wildman–Crippen LogP) is 3.03. The molecular weight excluding hydrogens is 384 g/mol. The van der Waals surface area contributed by atoms with Crippen molar-refractivity contribution in [2.45, 2.75) is 47.0 Å². The highest BCUT2D eigenvalue weighted by molar-refractivity contribution is 7.91. The van der Waals surface area contributed by atoms with Crippen LogP contribution in [0, 0.1) is 6.92 Å². The quantitative estimate of drug-likeness (QED) is 0.526. The zero-order chi connectivity index (χ0) is 19.0. The lowest BCUT2D eigenvalue weighted by Gasteiger charge is -2.29. The number of nitrogens with one attached hydrogen (secondary N) is 1. The monoisotopic (exact) mass is 402 g/mol. The van der Waals surface area contributed by atoms with Gasteiger partial charge in [0, 0.05) is 43.0 Å². The van der Waals surface area contributed by atoms with E-state index < -0.39 is 9.84 Å². The van der Waals surface area contributed by atoms with Crippen molar-refractivity contribution in [1.29, 1.82) is 0 Å². The van der Waals surface area contributed by atoms with Crippen LogP contribution in [-0.4, -0.2) is 28.0 Å². The summed E-state index contributed by atoms with van der Waals surface area (Å²) in [6, 6.07) is 3.69. The summed E-state index contributed by atoms with van der Waals surface area (Å²) in [5.41, 5.74) is 4.38. The Hall–Kier alpha value is -1.96. The number of nitrogens with zero attached hydrogens (tertiary/aromatic N) is 3. The Balaban J connectivity index is 1.78. The fourth-order valence-electron chi connectivity index (χ4n) is 4.64. The van der Waals surface area contributed by atoms with Crippen LogP contribution >= 0.6 is 11.6 Å². The number of alkyl halides is 1. The SMILES string of the molecule is Cc1cc(S(=O)(=O)c2cncnc2)cc2c3c(n(C)c12)CC1(Cl)CCC3N1. The first-order chi connectivity index (χ1) is 12.8. The summed E-state index contributed by atoms with van der Waals surface area (Å²) in [5, 5.41) is 4.51. The maximum atomic E-state index is 13.1. The topological polar surface area (TPSA) is 76.9 Å². The van der Waals surface area contributed by atoms with E-state index in [2.05, 4.69) is 19.9 Å². The van der Waals surface area contributed by atoms with E-state index in [0.717, 1.165) is 35.7 Å². The summed E-state index contributed by atoms with van der Waals surface area (Å²) in [5.74, 6) is 0. The molecule has 8 heteroatoms. The third kappa shape index (κ3) is 2.38. The van der Waals surface area contributed by atoms with Gasteiger partial charge >= 0.3 is 0 Å². The van der Waals surface area contributed by atoms with Gasteiger partial charge in [-0.25, -0.2) is 18.4 Å². The highest BCUT2D eigenvalue weighted by Crippen LogP contribution is 2.48. The van der Waals surface area contributed by atoms with Gasteiger partial charge in [0.2, 0.25) is 9.84 Å². The van der Waals surface area contributed by atoms with Crippen LogP contribution in [0.3, 0.4) is 0 Å². The molecule has 0 spiro atoms. The van der Waals surface area contributed by atoms with E-state index in [1.807, 2.05) is 14.0 Å². The molecule has 140 valence electrons. The summed E-state index contributed by atoms with van der Waals surface area (Å²) in [6.45, 7) is 1.95. The summed E-state index contributed by atoms with van der Waals surface area (Å²) < 4.78 is 28.4. The Morgan fingerprint density at radius 2 is 2.00 bits per heavy atom. The second-order valence-corrected chi connectivity index (χ2v) is 10.2. The van der Waals surface area contributed by atoms with Gasteiger partial charge in [-0.05, 0) is 43.0 Å². The van der Waals surface area contributed by atoms with Gasteiger partial charge in [0.1, 0.15) is 11.2 Å². The third-order valence-electron chi connectivity index (χ3n) is 5.83. The minimum absolute atomic E-state index is 0.104. The van der Waals surface area contributed by atoms with Crippen LogP contribution < -0.4 is 5.32 Å². The molecule has 1 N–H and O–H groups in total. The number of sulfone groups is 1. The molecule has 3 aromatic rings. The summed E-state index contributed by atoms with van der Waals surface area (Å²) in [6.07, 6.45) is 6.60. The van der Waals surface area contributed by atoms with Crippen LogP contribution in [0.4, 0.5) is 0 Å². The number of rotatable bonds is 2. The van der Waals surface area contributed by atoms with Crippen LogP contribution in [-0.2, 0) is 23.3 Å². The first-order valence-corrected chi connectivity index (χ1v) is 10.7. The second-order valence-electron chi connectivity index (χ2n) is 7.51. The van der Waals surface area contributed by atoms with E-state index in [1.54, 1.807) is 12.1 Å².